The largest absolute Gasteiger partial charge is 0.338 e. The highest BCUT2D eigenvalue weighted by molar-refractivity contribution is 5.53. The molecule has 0 aliphatic rings. The minimum Gasteiger partial charge on any atom is -0.338 e. The van der Waals surface area contributed by atoms with Crippen molar-refractivity contribution in [3.63, 3.8) is 0 Å². The summed E-state index contributed by atoms with van der Waals surface area (Å²) in [4.78, 5) is 6.38. The maximum atomic E-state index is 12.8. The zero-order valence-electron chi connectivity index (χ0n) is 11.1. The summed E-state index contributed by atoms with van der Waals surface area (Å²) in [5.41, 5.74) is 0.745. The van der Waals surface area contributed by atoms with E-state index in [9.17, 15) is 4.39 Å². The summed E-state index contributed by atoms with van der Waals surface area (Å²) >= 11 is 0. The van der Waals surface area contributed by atoms with Crippen molar-refractivity contribution in [1.82, 2.24) is 20.4 Å². The second kappa shape index (κ2) is 6.40. The first-order chi connectivity index (χ1) is 9.19. The van der Waals surface area contributed by atoms with Gasteiger partial charge in [0.1, 0.15) is 5.82 Å². The lowest BCUT2D eigenvalue weighted by Gasteiger charge is -2.12. The van der Waals surface area contributed by atoms with Crippen molar-refractivity contribution in [1.29, 1.82) is 0 Å². The van der Waals surface area contributed by atoms with Gasteiger partial charge in [-0.15, -0.1) is 0 Å². The molecule has 19 heavy (non-hydrogen) atoms. The molecule has 2 aromatic rings. The molecule has 0 saturated carbocycles. The zero-order chi connectivity index (χ0) is 13.7. The number of hydrogen-bond donors (Lipinski definition) is 1. The van der Waals surface area contributed by atoms with Crippen molar-refractivity contribution in [3.05, 3.63) is 36.0 Å². The van der Waals surface area contributed by atoms with Crippen LogP contribution in [0.4, 0.5) is 4.39 Å². The fourth-order valence-electron chi connectivity index (χ4n) is 1.65. The van der Waals surface area contributed by atoms with E-state index in [0.29, 0.717) is 18.3 Å². The van der Waals surface area contributed by atoms with Gasteiger partial charge in [-0.25, -0.2) is 4.39 Å². The average Bonchev–Trinajstić information content (AvgIpc) is 2.85. The first-order valence-corrected chi connectivity index (χ1v) is 6.10. The van der Waals surface area contributed by atoms with Gasteiger partial charge in [-0.2, -0.15) is 4.98 Å². The van der Waals surface area contributed by atoms with Crippen LogP contribution in [0, 0.1) is 5.82 Å². The van der Waals surface area contributed by atoms with Gasteiger partial charge in [-0.05, 0) is 38.4 Å². The lowest BCUT2D eigenvalue weighted by Crippen LogP contribution is -2.27. The fraction of sp³-hybridized carbons (Fsp3) is 0.385. The summed E-state index contributed by atoms with van der Waals surface area (Å²) in [6.45, 7) is 2.39. The highest BCUT2D eigenvalue weighted by atomic mass is 19.1. The van der Waals surface area contributed by atoms with E-state index in [0.717, 1.165) is 18.7 Å². The van der Waals surface area contributed by atoms with Gasteiger partial charge in [-0.3, -0.25) is 4.90 Å². The van der Waals surface area contributed by atoms with Gasteiger partial charge in [0.25, 0.3) is 0 Å². The molecule has 0 amide bonds. The Hall–Kier alpha value is -1.79. The van der Waals surface area contributed by atoms with Crippen molar-refractivity contribution in [3.8, 4) is 11.4 Å². The third-order valence-corrected chi connectivity index (χ3v) is 2.72. The molecule has 1 N–H and O–H groups in total. The maximum Gasteiger partial charge on any atom is 0.241 e. The predicted molar refractivity (Wildman–Crippen MR) is 70.0 cm³/mol. The fourth-order valence-corrected chi connectivity index (χ4v) is 1.65. The van der Waals surface area contributed by atoms with E-state index in [1.807, 2.05) is 14.1 Å². The molecule has 1 heterocycles. The molecular formula is C13H17FN4O. The molecule has 0 unspecified atom stereocenters. The number of likely N-dealkylation sites (N-methyl/N-ethyl adjacent to an activating group) is 2. The summed E-state index contributed by atoms with van der Waals surface area (Å²) in [5, 5.41) is 6.98. The van der Waals surface area contributed by atoms with E-state index < -0.39 is 0 Å². The minimum absolute atomic E-state index is 0.278. The molecule has 1 aromatic carbocycles. The summed E-state index contributed by atoms with van der Waals surface area (Å²) in [6, 6.07) is 6.03. The second-order valence-electron chi connectivity index (χ2n) is 4.36. The predicted octanol–water partition coefficient (Wildman–Crippen LogP) is 1.53. The molecule has 0 aliphatic carbocycles. The van der Waals surface area contributed by atoms with E-state index in [-0.39, 0.29) is 5.82 Å². The third-order valence-electron chi connectivity index (χ3n) is 2.72. The van der Waals surface area contributed by atoms with Crippen molar-refractivity contribution >= 4 is 0 Å². The van der Waals surface area contributed by atoms with E-state index in [1.54, 1.807) is 12.1 Å². The average molecular weight is 264 g/mol. The Balaban J connectivity index is 2.00. The van der Waals surface area contributed by atoms with Crippen molar-refractivity contribution in [2.75, 3.05) is 27.2 Å². The van der Waals surface area contributed by atoms with Crippen molar-refractivity contribution < 1.29 is 8.91 Å². The molecule has 0 bridgehead atoms. The van der Waals surface area contributed by atoms with Crippen molar-refractivity contribution in [2.24, 2.45) is 0 Å². The maximum absolute atomic E-state index is 12.8. The Morgan fingerprint density at radius 1 is 1.32 bits per heavy atom. The van der Waals surface area contributed by atoms with Gasteiger partial charge in [-0.1, -0.05) is 5.16 Å². The molecule has 0 aliphatic heterocycles. The van der Waals surface area contributed by atoms with E-state index in [4.69, 9.17) is 4.52 Å². The van der Waals surface area contributed by atoms with Gasteiger partial charge < -0.3 is 9.84 Å². The monoisotopic (exact) mass is 264 g/mol. The smallest absolute Gasteiger partial charge is 0.241 e. The highest BCUT2D eigenvalue weighted by Crippen LogP contribution is 2.16. The van der Waals surface area contributed by atoms with E-state index >= 15 is 0 Å². The number of nitrogens with zero attached hydrogens (tertiary/aromatic N) is 3. The van der Waals surface area contributed by atoms with Gasteiger partial charge >= 0.3 is 0 Å². The molecule has 0 spiro atoms. The molecule has 0 fully saturated rings. The molecule has 6 heteroatoms. The molecule has 0 atom stereocenters. The van der Waals surface area contributed by atoms with Crippen LogP contribution < -0.4 is 5.32 Å². The van der Waals surface area contributed by atoms with E-state index in [1.165, 1.54) is 12.1 Å². The van der Waals surface area contributed by atoms with Crippen LogP contribution in [0.2, 0.25) is 0 Å². The SMILES string of the molecule is CNCCN(C)Cc1nc(-c2ccc(F)cc2)no1. The lowest BCUT2D eigenvalue weighted by atomic mass is 10.2. The van der Waals surface area contributed by atoms with Crippen molar-refractivity contribution in [2.45, 2.75) is 6.54 Å². The number of hydrogen-bond acceptors (Lipinski definition) is 5. The van der Waals surface area contributed by atoms with Crippen LogP contribution >= 0.6 is 0 Å². The van der Waals surface area contributed by atoms with Gasteiger partial charge in [0.05, 0.1) is 6.54 Å². The molecule has 2 rings (SSSR count). The van der Waals surface area contributed by atoms with Crippen LogP contribution in [0.15, 0.2) is 28.8 Å². The summed E-state index contributed by atoms with van der Waals surface area (Å²) < 4.78 is 18.0. The molecular weight excluding hydrogens is 247 g/mol. The number of halogens is 1. The normalized spacial score (nSPS) is 11.2. The topological polar surface area (TPSA) is 54.2 Å². The molecule has 5 nitrogen and oxygen atoms in total. The number of rotatable bonds is 6. The van der Waals surface area contributed by atoms with Crippen LogP contribution in [0.25, 0.3) is 11.4 Å². The third kappa shape index (κ3) is 3.84. The first kappa shape index (κ1) is 13.6. The van der Waals surface area contributed by atoms with Crippen LogP contribution in [-0.2, 0) is 6.54 Å². The zero-order valence-corrected chi connectivity index (χ0v) is 11.1. The Labute approximate surface area is 111 Å². The van der Waals surface area contributed by atoms with Crippen LogP contribution in [0.1, 0.15) is 5.89 Å². The van der Waals surface area contributed by atoms with Gasteiger partial charge in [0, 0.05) is 18.7 Å². The number of aromatic nitrogens is 2. The summed E-state index contributed by atoms with van der Waals surface area (Å²) in [5.74, 6) is 0.759. The van der Waals surface area contributed by atoms with Crippen LogP contribution in [-0.4, -0.2) is 42.2 Å². The molecule has 1 aromatic heterocycles. The quantitative estimate of drug-likeness (QED) is 0.857. The summed E-state index contributed by atoms with van der Waals surface area (Å²) in [7, 11) is 3.90. The first-order valence-electron chi connectivity index (χ1n) is 6.10. The Morgan fingerprint density at radius 2 is 2.05 bits per heavy atom. The van der Waals surface area contributed by atoms with E-state index in [2.05, 4.69) is 20.4 Å². The van der Waals surface area contributed by atoms with Gasteiger partial charge in [0.15, 0.2) is 0 Å². The Morgan fingerprint density at radius 3 is 2.74 bits per heavy atom. The molecule has 102 valence electrons. The van der Waals surface area contributed by atoms with Gasteiger partial charge in [0.2, 0.25) is 11.7 Å². The molecule has 0 radical (unpaired) electrons. The number of benzene rings is 1. The van der Waals surface area contributed by atoms with Crippen LogP contribution in [0.5, 0.6) is 0 Å². The van der Waals surface area contributed by atoms with Crippen LogP contribution in [0.3, 0.4) is 0 Å². The standard InChI is InChI=1S/C13H17FN4O/c1-15-7-8-18(2)9-12-16-13(17-19-12)10-3-5-11(14)6-4-10/h3-6,15H,7-9H2,1-2H3. The highest BCUT2D eigenvalue weighted by Gasteiger charge is 2.10. The second-order valence-corrected chi connectivity index (χ2v) is 4.36. The Kier molecular flexibility index (Phi) is 4.59. The lowest BCUT2D eigenvalue weighted by molar-refractivity contribution is 0.268. The summed E-state index contributed by atoms with van der Waals surface area (Å²) in [6.07, 6.45) is 0. The molecule has 0 saturated heterocycles. The number of nitrogens with one attached hydrogen (secondary N) is 1. The minimum atomic E-state index is -0.278. The Bertz CT molecular complexity index is 512.